The molecule has 0 fully saturated rings. The zero-order valence-corrected chi connectivity index (χ0v) is 20.8. The van der Waals surface area contributed by atoms with Gasteiger partial charge in [0.15, 0.2) is 0 Å². The molecule has 5 nitrogen and oxygen atoms in total. The zero-order valence-electron chi connectivity index (χ0n) is 20.8. The van der Waals surface area contributed by atoms with Crippen molar-refractivity contribution in [3.8, 4) is 0 Å². The normalized spacial score (nSPS) is 12.6. The van der Waals surface area contributed by atoms with Gasteiger partial charge in [-0.05, 0) is 42.5 Å². The number of halogens is 2. The number of fused-ring (bicyclic) bond motifs is 1. The molecule has 0 unspecified atom stereocenters. The van der Waals surface area contributed by atoms with Gasteiger partial charge in [0.25, 0.3) is 0 Å². The van der Waals surface area contributed by atoms with Crippen LogP contribution in [0.1, 0.15) is 70.0 Å². The Kier molecular flexibility index (Phi) is 10.7. The second-order valence-electron chi connectivity index (χ2n) is 9.16. The summed E-state index contributed by atoms with van der Waals surface area (Å²) in [4.78, 5) is 23.2. The molecule has 1 amide bonds. The van der Waals surface area contributed by atoms with Crippen molar-refractivity contribution >= 4 is 17.4 Å². The molecule has 1 aliphatic rings. The number of aromatic nitrogens is 2. The number of anilines is 2. The predicted octanol–water partition coefficient (Wildman–Crippen LogP) is 6.17. The Hall–Kier alpha value is -2.57. The molecular weight excluding hydrogens is 410 g/mol. The lowest BCUT2D eigenvalue weighted by Crippen LogP contribution is -2.32. The van der Waals surface area contributed by atoms with Crippen molar-refractivity contribution in [3.63, 3.8) is 0 Å². The summed E-state index contributed by atoms with van der Waals surface area (Å²) < 4.78 is 22.8. The molecule has 0 aliphatic carbocycles. The molecule has 2 aromatic rings. The minimum atomic E-state index is -0.428. The largest absolute Gasteiger partial charge is 0.352 e. The molecule has 0 saturated heterocycles. The number of amides is 1. The van der Waals surface area contributed by atoms with Gasteiger partial charge < -0.3 is 10.2 Å². The van der Waals surface area contributed by atoms with Crippen LogP contribution in [0.2, 0.25) is 0 Å². The Bertz CT molecular complexity index is 871. The summed E-state index contributed by atoms with van der Waals surface area (Å²) in [5.74, 6) is 0.444. The van der Waals surface area contributed by atoms with Gasteiger partial charge in [0.2, 0.25) is 11.9 Å². The van der Waals surface area contributed by atoms with Crippen LogP contribution in [0.3, 0.4) is 0 Å². The van der Waals surface area contributed by atoms with Gasteiger partial charge in [-0.15, -0.1) is 0 Å². The Labute approximate surface area is 191 Å². The van der Waals surface area contributed by atoms with Crippen LogP contribution in [0, 0.1) is 25.2 Å². The topological polar surface area (TPSA) is 58.1 Å². The van der Waals surface area contributed by atoms with E-state index < -0.39 is 5.95 Å². The summed E-state index contributed by atoms with van der Waals surface area (Å²) >= 11 is 0. The fourth-order valence-corrected chi connectivity index (χ4v) is 3.41. The van der Waals surface area contributed by atoms with Gasteiger partial charge in [0.05, 0.1) is 24.3 Å². The number of hydrogen-bond acceptors (Lipinski definition) is 4. The average molecular weight is 449 g/mol. The second-order valence-corrected chi connectivity index (χ2v) is 9.16. The van der Waals surface area contributed by atoms with Crippen LogP contribution in [-0.4, -0.2) is 29.6 Å². The smallest absolute Gasteiger partial charge is 0.224 e. The molecule has 2 aromatic heterocycles. The monoisotopic (exact) mass is 448 g/mol. The second kappa shape index (κ2) is 12.5. The quantitative estimate of drug-likeness (QED) is 0.570. The number of alkyl halides is 1. The highest BCUT2D eigenvalue weighted by Gasteiger charge is 2.22. The van der Waals surface area contributed by atoms with Crippen LogP contribution in [-0.2, 0) is 17.8 Å². The molecule has 0 spiro atoms. The number of carbonyl (C=O) groups is 1. The third-order valence-corrected chi connectivity index (χ3v) is 4.68. The molecule has 32 heavy (non-hydrogen) atoms. The van der Waals surface area contributed by atoms with E-state index in [-0.39, 0.29) is 11.3 Å². The third kappa shape index (κ3) is 8.17. The van der Waals surface area contributed by atoms with Gasteiger partial charge in [-0.3, -0.25) is 9.18 Å². The third-order valence-electron chi connectivity index (χ3n) is 4.68. The maximum absolute atomic E-state index is 13.3. The standard InChI is InChI=1S/C21H27FN4O.C3H8.CH3F/c1-13-10-18(23-14(2)20(13)25-19(27)11-21(3,4)5)26-9-8-16-15(12-26)6-7-17(22)24-16;1-3-2;1-2/h6-7,10H,8-9,11-12H2,1-5H3,(H,25,27);3H2,1-2H3;1H3. The summed E-state index contributed by atoms with van der Waals surface area (Å²) in [6.45, 7) is 15.7. The van der Waals surface area contributed by atoms with Crippen molar-refractivity contribution in [2.24, 2.45) is 5.41 Å². The summed E-state index contributed by atoms with van der Waals surface area (Å²) in [6, 6.07) is 5.20. The lowest BCUT2D eigenvalue weighted by atomic mass is 9.92. The van der Waals surface area contributed by atoms with E-state index in [1.807, 2.05) is 40.7 Å². The van der Waals surface area contributed by atoms with Gasteiger partial charge in [0.1, 0.15) is 5.82 Å². The van der Waals surface area contributed by atoms with Crippen molar-refractivity contribution in [3.05, 3.63) is 46.7 Å². The van der Waals surface area contributed by atoms with Crippen LogP contribution in [0.15, 0.2) is 18.2 Å². The van der Waals surface area contributed by atoms with E-state index in [1.165, 1.54) is 12.5 Å². The van der Waals surface area contributed by atoms with E-state index in [4.69, 9.17) is 4.98 Å². The first kappa shape index (κ1) is 27.5. The maximum Gasteiger partial charge on any atom is 0.224 e. The predicted molar refractivity (Wildman–Crippen MR) is 128 cm³/mol. The summed E-state index contributed by atoms with van der Waals surface area (Å²) in [6.07, 6.45) is 2.40. The number of aryl methyl sites for hydroxylation is 2. The van der Waals surface area contributed by atoms with Crippen LogP contribution in [0.4, 0.5) is 20.3 Å². The Morgan fingerprint density at radius 3 is 2.34 bits per heavy atom. The van der Waals surface area contributed by atoms with Crippen LogP contribution in [0.25, 0.3) is 0 Å². The van der Waals surface area contributed by atoms with Crippen molar-refractivity contribution < 1.29 is 13.6 Å². The summed E-state index contributed by atoms with van der Waals surface area (Å²) in [5.41, 5.74) is 4.37. The molecule has 1 N–H and O–H groups in total. The SMILES string of the molecule is CCC.CF.Cc1cc(N2CCc3nc(F)ccc3C2)nc(C)c1NC(=O)CC(C)(C)C. The molecule has 7 heteroatoms. The lowest BCUT2D eigenvalue weighted by Gasteiger charge is -2.30. The van der Waals surface area contributed by atoms with Crippen molar-refractivity contribution in [2.75, 3.05) is 23.9 Å². The number of nitrogens with one attached hydrogen (secondary N) is 1. The van der Waals surface area contributed by atoms with Gasteiger partial charge >= 0.3 is 0 Å². The van der Waals surface area contributed by atoms with Gasteiger partial charge in [-0.1, -0.05) is 47.1 Å². The van der Waals surface area contributed by atoms with Gasteiger partial charge in [-0.25, -0.2) is 9.97 Å². The average Bonchev–Trinajstić information content (AvgIpc) is 2.71. The van der Waals surface area contributed by atoms with Crippen LogP contribution < -0.4 is 10.2 Å². The molecule has 0 aromatic carbocycles. The highest BCUT2D eigenvalue weighted by molar-refractivity contribution is 5.92. The minimum Gasteiger partial charge on any atom is -0.352 e. The van der Waals surface area contributed by atoms with E-state index >= 15 is 0 Å². The van der Waals surface area contributed by atoms with Crippen LogP contribution in [0.5, 0.6) is 0 Å². The summed E-state index contributed by atoms with van der Waals surface area (Å²) in [5, 5.41) is 3.02. The van der Waals surface area contributed by atoms with Gasteiger partial charge in [0, 0.05) is 25.9 Å². The molecule has 0 radical (unpaired) electrons. The van der Waals surface area contributed by atoms with E-state index in [0.29, 0.717) is 26.6 Å². The highest BCUT2D eigenvalue weighted by atomic mass is 19.1. The highest BCUT2D eigenvalue weighted by Crippen LogP contribution is 2.28. The number of carbonyl (C=O) groups excluding carboxylic acids is 1. The molecule has 178 valence electrons. The molecule has 3 heterocycles. The van der Waals surface area contributed by atoms with Crippen molar-refractivity contribution in [2.45, 2.75) is 74.3 Å². The lowest BCUT2D eigenvalue weighted by molar-refractivity contribution is -0.117. The van der Waals surface area contributed by atoms with Crippen molar-refractivity contribution in [1.82, 2.24) is 9.97 Å². The van der Waals surface area contributed by atoms with E-state index in [9.17, 15) is 13.6 Å². The minimum absolute atomic E-state index is 0.00301. The first-order valence-corrected chi connectivity index (χ1v) is 11.1. The van der Waals surface area contributed by atoms with E-state index in [0.717, 1.165) is 40.6 Å². The molecule has 1 aliphatic heterocycles. The number of nitrogens with zero attached hydrogens (tertiary/aromatic N) is 3. The molecule has 3 rings (SSSR count). The molecular formula is C25H38F2N4O. The molecule has 0 saturated carbocycles. The number of rotatable bonds is 3. The Morgan fingerprint density at radius 1 is 1.16 bits per heavy atom. The molecule has 0 atom stereocenters. The number of pyridine rings is 2. The van der Waals surface area contributed by atoms with E-state index in [2.05, 4.69) is 29.0 Å². The first-order valence-electron chi connectivity index (χ1n) is 11.1. The fourth-order valence-electron chi connectivity index (χ4n) is 3.41. The van der Waals surface area contributed by atoms with Crippen LogP contribution >= 0.6 is 0 Å². The number of hydrogen-bond donors (Lipinski definition) is 1. The molecule has 0 bridgehead atoms. The maximum atomic E-state index is 13.3. The Morgan fingerprint density at radius 2 is 1.78 bits per heavy atom. The van der Waals surface area contributed by atoms with Crippen molar-refractivity contribution in [1.29, 1.82) is 0 Å². The first-order chi connectivity index (χ1) is 15.0. The van der Waals surface area contributed by atoms with Gasteiger partial charge in [-0.2, -0.15) is 4.39 Å². The Balaban J connectivity index is 0.000000944. The fraction of sp³-hybridized carbons (Fsp3) is 0.560. The zero-order chi connectivity index (χ0) is 24.5. The summed E-state index contributed by atoms with van der Waals surface area (Å²) in [7, 11) is 0.500. The van der Waals surface area contributed by atoms with E-state index in [1.54, 1.807) is 6.07 Å².